The number of nitrogens with zero attached hydrogens (tertiary/aromatic N) is 1. The smallest absolute Gasteiger partial charge is 0.417 e. The first kappa shape index (κ1) is 12.2. The van der Waals surface area contributed by atoms with Gasteiger partial charge in [0.1, 0.15) is 0 Å². The maximum atomic E-state index is 11.0. The molecule has 6 nitrogen and oxygen atoms in total. The molecule has 0 aliphatic rings. The fourth-order valence-electron chi connectivity index (χ4n) is 1.66. The van der Waals surface area contributed by atoms with Gasteiger partial charge in [-0.1, -0.05) is 0 Å². The molecule has 0 saturated carbocycles. The Morgan fingerprint density at radius 2 is 2.28 bits per heavy atom. The molecular formula is C12H14N2O4. The van der Waals surface area contributed by atoms with Gasteiger partial charge in [0.25, 0.3) is 0 Å². The van der Waals surface area contributed by atoms with E-state index < -0.39 is 5.76 Å². The molecule has 0 fully saturated rings. The first-order chi connectivity index (χ1) is 8.60. The van der Waals surface area contributed by atoms with Crippen LogP contribution in [0.25, 0.3) is 11.1 Å². The van der Waals surface area contributed by atoms with Crippen molar-refractivity contribution in [1.82, 2.24) is 4.98 Å². The molecule has 1 N–H and O–H groups in total. The average molecular weight is 250 g/mol. The van der Waals surface area contributed by atoms with Crippen molar-refractivity contribution in [2.75, 3.05) is 25.6 Å². The number of carbonyl (C=O) groups is 1. The molecule has 18 heavy (non-hydrogen) atoms. The van der Waals surface area contributed by atoms with Gasteiger partial charge in [0.15, 0.2) is 5.58 Å². The van der Waals surface area contributed by atoms with E-state index in [0.717, 1.165) is 5.69 Å². The van der Waals surface area contributed by atoms with Gasteiger partial charge in [-0.05, 0) is 12.1 Å². The van der Waals surface area contributed by atoms with Crippen molar-refractivity contribution in [3.8, 4) is 0 Å². The quantitative estimate of drug-likeness (QED) is 0.823. The van der Waals surface area contributed by atoms with Crippen molar-refractivity contribution in [1.29, 1.82) is 0 Å². The molecule has 0 unspecified atom stereocenters. The Labute approximate surface area is 103 Å². The highest BCUT2D eigenvalue weighted by Gasteiger charge is 2.08. The lowest BCUT2D eigenvalue weighted by atomic mass is 10.2. The Hall–Kier alpha value is -2.24. The number of esters is 1. The number of hydrogen-bond acceptors (Lipinski definition) is 5. The summed E-state index contributed by atoms with van der Waals surface area (Å²) in [7, 11) is 3.22. The molecule has 0 saturated heterocycles. The molecule has 0 atom stereocenters. The lowest BCUT2D eigenvalue weighted by Crippen LogP contribution is -2.21. The molecule has 1 heterocycles. The van der Waals surface area contributed by atoms with E-state index in [1.54, 1.807) is 12.1 Å². The Morgan fingerprint density at radius 1 is 1.50 bits per heavy atom. The maximum absolute atomic E-state index is 11.0. The zero-order chi connectivity index (χ0) is 13.1. The second-order valence-electron chi connectivity index (χ2n) is 3.94. The van der Waals surface area contributed by atoms with Gasteiger partial charge in [0.05, 0.1) is 19.0 Å². The van der Waals surface area contributed by atoms with Crippen LogP contribution in [0.15, 0.2) is 27.4 Å². The number of H-pyrrole nitrogens is 1. The highest BCUT2D eigenvalue weighted by atomic mass is 16.5. The zero-order valence-electron chi connectivity index (χ0n) is 10.2. The number of hydrogen-bond donors (Lipinski definition) is 1. The summed E-state index contributed by atoms with van der Waals surface area (Å²) in [4.78, 5) is 26.5. The largest absolute Gasteiger partial charge is 0.469 e. The second kappa shape index (κ2) is 4.95. The molecular weight excluding hydrogens is 236 g/mol. The number of fused-ring (bicyclic) bond motifs is 1. The average Bonchev–Trinajstić information content (AvgIpc) is 2.74. The number of rotatable bonds is 4. The number of oxazole rings is 1. The van der Waals surface area contributed by atoms with Crippen LogP contribution < -0.4 is 10.7 Å². The molecule has 0 amide bonds. The lowest BCUT2D eigenvalue weighted by molar-refractivity contribution is -0.140. The van der Waals surface area contributed by atoms with Crippen LogP contribution in [-0.4, -0.2) is 31.7 Å². The predicted octanol–water partition coefficient (Wildman–Crippen LogP) is 1.12. The molecule has 0 bridgehead atoms. The highest BCUT2D eigenvalue weighted by Crippen LogP contribution is 2.19. The second-order valence-corrected chi connectivity index (χ2v) is 3.94. The molecule has 1 aromatic heterocycles. The molecule has 0 aliphatic carbocycles. The van der Waals surface area contributed by atoms with Crippen LogP contribution in [0.3, 0.4) is 0 Å². The number of methoxy groups -OCH3 is 1. The summed E-state index contributed by atoms with van der Waals surface area (Å²) in [5.41, 5.74) is 2.03. The van der Waals surface area contributed by atoms with E-state index in [1.165, 1.54) is 7.11 Å². The summed E-state index contributed by atoms with van der Waals surface area (Å²) in [6.45, 7) is 0.535. The number of carbonyl (C=O) groups excluding carboxylic acids is 1. The van der Waals surface area contributed by atoms with Crippen LogP contribution >= 0.6 is 0 Å². The summed E-state index contributed by atoms with van der Waals surface area (Å²) in [6, 6.07) is 5.37. The topological polar surface area (TPSA) is 75.5 Å². The lowest BCUT2D eigenvalue weighted by Gasteiger charge is -2.18. The first-order valence-corrected chi connectivity index (χ1v) is 5.51. The van der Waals surface area contributed by atoms with Gasteiger partial charge in [0, 0.05) is 25.3 Å². The number of benzene rings is 1. The molecule has 2 aromatic rings. The van der Waals surface area contributed by atoms with Crippen molar-refractivity contribution in [2.24, 2.45) is 0 Å². The fraction of sp³-hybridized carbons (Fsp3) is 0.333. The van der Waals surface area contributed by atoms with Crippen LogP contribution in [0.1, 0.15) is 6.42 Å². The summed E-state index contributed by atoms with van der Waals surface area (Å²) in [5, 5.41) is 0. The third-order valence-corrected chi connectivity index (χ3v) is 2.72. The van der Waals surface area contributed by atoms with E-state index in [0.29, 0.717) is 24.1 Å². The zero-order valence-corrected chi connectivity index (χ0v) is 10.2. The highest BCUT2D eigenvalue weighted by molar-refractivity contribution is 5.77. The summed E-state index contributed by atoms with van der Waals surface area (Å²) in [6.07, 6.45) is 0.308. The van der Waals surface area contributed by atoms with E-state index >= 15 is 0 Å². The van der Waals surface area contributed by atoms with Crippen molar-refractivity contribution in [2.45, 2.75) is 6.42 Å². The number of anilines is 1. The number of aromatic amines is 1. The third kappa shape index (κ3) is 2.53. The van der Waals surface area contributed by atoms with Crippen LogP contribution in [0.2, 0.25) is 0 Å². The summed E-state index contributed by atoms with van der Waals surface area (Å²) in [5.74, 6) is -0.726. The van der Waals surface area contributed by atoms with Gasteiger partial charge < -0.3 is 14.1 Å². The van der Waals surface area contributed by atoms with E-state index in [1.807, 2.05) is 18.0 Å². The van der Waals surface area contributed by atoms with Crippen LogP contribution in [0.4, 0.5) is 5.69 Å². The number of nitrogens with one attached hydrogen (secondary N) is 1. The minimum absolute atomic E-state index is 0.254. The predicted molar refractivity (Wildman–Crippen MR) is 66.7 cm³/mol. The molecule has 2 rings (SSSR count). The minimum Gasteiger partial charge on any atom is -0.469 e. The van der Waals surface area contributed by atoms with E-state index in [-0.39, 0.29) is 5.97 Å². The standard InChI is InChI=1S/C12H14N2O4/c1-14(6-5-11(15)17-2)8-3-4-9-10(7-8)18-12(16)13-9/h3-4,7H,5-6H2,1-2H3,(H,13,16). The molecule has 1 aromatic carbocycles. The van der Waals surface area contributed by atoms with E-state index in [2.05, 4.69) is 9.72 Å². The summed E-state index contributed by atoms with van der Waals surface area (Å²) >= 11 is 0. The first-order valence-electron chi connectivity index (χ1n) is 5.51. The van der Waals surface area contributed by atoms with Crippen molar-refractivity contribution >= 4 is 22.8 Å². The molecule has 96 valence electrons. The van der Waals surface area contributed by atoms with E-state index in [9.17, 15) is 9.59 Å². The van der Waals surface area contributed by atoms with Gasteiger partial charge in [-0.2, -0.15) is 0 Å². The van der Waals surface area contributed by atoms with Crippen LogP contribution in [-0.2, 0) is 9.53 Å². The van der Waals surface area contributed by atoms with Crippen molar-refractivity contribution in [3.05, 3.63) is 28.7 Å². The molecule has 0 spiro atoms. The van der Waals surface area contributed by atoms with Gasteiger partial charge in [-0.3, -0.25) is 9.78 Å². The van der Waals surface area contributed by atoms with Gasteiger partial charge in [-0.25, -0.2) is 4.79 Å². The van der Waals surface area contributed by atoms with Gasteiger partial charge in [-0.15, -0.1) is 0 Å². The SMILES string of the molecule is COC(=O)CCN(C)c1ccc2[nH]c(=O)oc2c1. The molecule has 6 heteroatoms. The van der Waals surface area contributed by atoms with Crippen LogP contribution in [0.5, 0.6) is 0 Å². The minimum atomic E-state index is -0.473. The third-order valence-electron chi connectivity index (χ3n) is 2.72. The Morgan fingerprint density at radius 3 is 3.00 bits per heavy atom. The summed E-state index contributed by atoms with van der Waals surface area (Å²) < 4.78 is 9.56. The number of ether oxygens (including phenoxy) is 1. The van der Waals surface area contributed by atoms with Gasteiger partial charge >= 0.3 is 11.7 Å². The molecule has 0 aliphatic heterocycles. The van der Waals surface area contributed by atoms with Crippen molar-refractivity contribution in [3.63, 3.8) is 0 Å². The van der Waals surface area contributed by atoms with Crippen molar-refractivity contribution < 1.29 is 13.9 Å². The van der Waals surface area contributed by atoms with Gasteiger partial charge in [0.2, 0.25) is 0 Å². The number of aromatic nitrogens is 1. The Kier molecular flexibility index (Phi) is 3.36. The Balaban J connectivity index is 2.14. The fourth-order valence-corrected chi connectivity index (χ4v) is 1.66. The normalized spacial score (nSPS) is 10.6. The monoisotopic (exact) mass is 250 g/mol. The van der Waals surface area contributed by atoms with E-state index in [4.69, 9.17) is 4.42 Å². The maximum Gasteiger partial charge on any atom is 0.417 e. The molecule has 0 radical (unpaired) electrons. The Bertz CT molecular complexity index is 614. The van der Waals surface area contributed by atoms with Crippen LogP contribution in [0, 0.1) is 0 Å².